The second-order valence-corrected chi connectivity index (χ2v) is 3.54. The van der Waals surface area contributed by atoms with Crippen molar-refractivity contribution in [1.29, 1.82) is 0 Å². The second-order valence-electron chi connectivity index (χ2n) is 3.13. The molecule has 3 N–H and O–H groups in total. The number of anilines is 1. The van der Waals surface area contributed by atoms with Gasteiger partial charge in [0.2, 0.25) is 5.91 Å². The molecule has 1 amide bonds. The summed E-state index contributed by atoms with van der Waals surface area (Å²) >= 11 is 5.77. The molecule has 0 aliphatic rings. The molecule has 5 heteroatoms. The number of carbonyl (C=O) groups is 1. The Morgan fingerprint density at radius 1 is 1.67 bits per heavy atom. The van der Waals surface area contributed by atoms with E-state index in [9.17, 15) is 9.18 Å². The highest BCUT2D eigenvalue weighted by Crippen LogP contribution is 2.22. The third kappa shape index (κ3) is 3.18. The number of nitrogens with two attached hydrogens (primary N) is 1. The molecule has 0 bridgehead atoms. The zero-order valence-electron chi connectivity index (χ0n) is 8.26. The lowest BCUT2D eigenvalue weighted by atomic mass is 10.2. The number of benzene rings is 1. The Balaban J connectivity index is 2.80. The Morgan fingerprint density at radius 3 is 2.93 bits per heavy atom. The predicted molar refractivity (Wildman–Crippen MR) is 58.3 cm³/mol. The molecule has 1 aromatic carbocycles. The number of hydrogen-bond donors (Lipinski definition) is 2. The molecule has 82 valence electrons. The molecular formula is C10H12ClFN2O. The van der Waals surface area contributed by atoms with Crippen molar-refractivity contribution in [2.45, 2.75) is 19.4 Å². The van der Waals surface area contributed by atoms with Crippen molar-refractivity contribution in [3.63, 3.8) is 0 Å². The van der Waals surface area contributed by atoms with Gasteiger partial charge in [0.15, 0.2) is 0 Å². The molecule has 0 saturated carbocycles. The minimum atomic E-state index is -0.607. The quantitative estimate of drug-likeness (QED) is 0.836. The number of hydrogen-bond acceptors (Lipinski definition) is 2. The summed E-state index contributed by atoms with van der Waals surface area (Å²) in [5.74, 6) is -0.829. The Hall–Kier alpha value is -1.13. The Labute approximate surface area is 92.4 Å². The lowest BCUT2D eigenvalue weighted by molar-refractivity contribution is -0.117. The number of rotatable bonds is 3. The summed E-state index contributed by atoms with van der Waals surface area (Å²) in [7, 11) is 0. The van der Waals surface area contributed by atoms with Gasteiger partial charge in [-0.25, -0.2) is 4.39 Å². The summed E-state index contributed by atoms with van der Waals surface area (Å²) < 4.78 is 12.8. The van der Waals surface area contributed by atoms with E-state index in [4.69, 9.17) is 17.3 Å². The lowest BCUT2D eigenvalue weighted by Gasteiger charge is -2.11. The Bertz CT molecular complexity index is 370. The van der Waals surface area contributed by atoms with Gasteiger partial charge in [0.1, 0.15) is 5.82 Å². The molecule has 0 saturated heterocycles. The number of carbonyl (C=O) groups excluding carboxylic acids is 1. The smallest absolute Gasteiger partial charge is 0.241 e. The fourth-order valence-corrected chi connectivity index (χ4v) is 1.17. The van der Waals surface area contributed by atoms with E-state index < -0.39 is 11.9 Å². The van der Waals surface area contributed by atoms with Gasteiger partial charge in [-0.15, -0.1) is 0 Å². The van der Waals surface area contributed by atoms with Gasteiger partial charge in [0, 0.05) is 0 Å². The fourth-order valence-electron chi connectivity index (χ4n) is 1.00. The van der Waals surface area contributed by atoms with Gasteiger partial charge in [-0.05, 0) is 24.6 Å². The number of nitrogens with one attached hydrogen (secondary N) is 1. The van der Waals surface area contributed by atoms with Gasteiger partial charge in [-0.1, -0.05) is 18.5 Å². The van der Waals surface area contributed by atoms with Crippen LogP contribution in [-0.4, -0.2) is 11.9 Å². The normalized spacial score (nSPS) is 12.3. The summed E-state index contributed by atoms with van der Waals surface area (Å²) in [6.45, 7) is 1.79. The molecule has 3 nitrogen and oxygen atoms in total. The zero-order valence-corrected chi connectivity index (χ0v) is 9.01. The minimum absolute atomic E-state index is 0.241. The molecule has 1 aromatic rings. The fraction of sp³-hybridized carbons (Fsp3) is 0.300. The topological polar surface area (TPSA) is 55.1 Å². The summed E-state index contributed by atoms with van der Waals surface area (Å²) in [6.07, 6.45) is 0.513. The molecule has 0 spiro atoms. The van der Waals surface area contributed by atoms with E-state index in [2.05, 4.69) is 5.32 Å². The van der Waals surface area contributed by atoms with Crippen LogP contribution in [0.3, 0.4) is 0 Å². The first-order valence-corrected chi connectivity index (χ1v) is 4.94. The van der Waals surface area contributed by atoms with Gasteiger partial charge in [-0.2, -0.15) is 0 Å². The molecule has 15 heavy (non-hydrogen) atoms. The van der Waals surface area contributed by atoms with Gasteiger partial charge < -0.3 is 11.1 Å². The average Bonchev–Trinajstić information content (AvgIpc) is 2.22. The first kappa shape index (κ1) is 11.9. The van der Waals surface area contributed by atoms with Gasteiger partial charge in [0.25, 0.3) is 0 Å². The molecule has 0 heterocycles. The number of halogens is 2. The van der Waals surface area contributed by atoms with E-state index in [1.54, 1.807) is 6.92 Å². The van der Waals surface area contributed by atoms with Crippen LogP contribution in [0.1, 0.15) is 13.3 Å². The van der Waals surface area contributed by atoms with E-state index in [0.29, 0.717) is 6.42 Å². The lowest BCUT2D eigenvalue weighted by Crippen LogP contribution is -2.34. The van der Waals surface area contributed by atoms with Crippen molar-refractivity contribution in [3.05, 3.63) is 29.0 Å². The average molecular weight is 231 g/mol. The van der Waals surface area contributed by atoms with Crippen molar-refractivity contribution in [2.24, 2.45) is 5.73 Å². The van der Waals surface area contributed by atoms with Crippen molar-refractivity contribution in [1.82, 2.24) is 0 Å². The first-order valence-electron chi connectivity index (χ1n) is 4.56. The molecule has 0 aliphatic carbocycles. The van der Waals surface area contributed by atoms with Gasteiger partial charge in [0.05, 0.1) is 16.8 Å². The van der Waals surface area contributed by atoms with E-state index in [0.717, 1.165) is 6.07 Å². The third-order valence-corrected chi connectivity index (χ3v) is 2.29. The van der Waals surface area contributed by atoms with Crippen LogP contribution in [-0.2, 0) is 4.79 Å². The standard InChI is InChI=1S/C10H12ClFN2O/c1-2-8(13)10(15)14-9-5-6(12)3-4-7(9)11/h3-5,8H,2,13H2,1H3,(H,14,15)/t8-/m0/s1. The van der Waals surface area contributed by atoms with Crippen LogP contribution < -0.4 is 11.1 Å². The van der Waals surface area contributed by atoms with Crippen LogP contribution in [0.2, 0.25) is 5.02 Å². The monoisotopic (exact) mass is 230 g/mol. The van der Waals surface area contributed by atoms with E-state index in [-0.39, 0.29) is 16.6 Å². The van der Waals surface area contributed by atoms with E-state index in [1.807, 2.05) is 0 Å². The van der Waals surface area contributed by atoms with Crippen LogP contribution in [0.5, 0.6) is 0 Å². The molecule has 0 aliphatic heterocycles. The van der Waals surface area contributed by atoms with E-state index in [1.165, 1.54) is 12.1 Å². The van der Waals surface area contributed by atoms with Crippen LogP contribution in [0.4, 0.5) is 10.1 Å². The molecule has 1 atom stereocenters. The van der Waals surface area contributed by atoms with Crippen LogP contribution in [0, 0.1) is 5.82 Å². The maximum absolute atomic E-state index is 12.8. The zero-order chi connectivity index (χ0) is 11.4. The van der Waals surface area contributed by atoms with E-state index >= 15 is 0 Å². The molecule has 0 unspecified atom stereocenters. The maximum Gasteiger partial charge on any atom is 0.241 e. The second kappa shape index (κ2) is 5.09. The highest BCUT2D eigenvalue weighted by atomic mass is 35.5. The van der Waals surface area contributed by atoms with Crippen LogP contribution in [0.25, 0.3) is 0 Å². The summed E-state index contributed by atoms with van der Waals surface area (Å²) in [5, 5.41) is 2.75. The van der Waals surface area contributed by atoms with Gasteiger partial charge >= 0.3 is 0 Å². The van der Waals surface area contributed by atoms with Crippen molar-refractivity contribution in [3.8, 4) is 0 Å². The summed E-state index contributed by atoms with van der Waals surface area (Å²) in [6, 6.07) is 3.15. The Morgan fingerprint density at radius 2 is 2.33 bits per heavy atom. The molecule has 1 rings (SSSR count). The van der Waals surface area contributed by atoms with Crippen molar-refractivity contribution < 1.29 is 9.18 Å². The minimum Gasteiger partial charge on any atom is -0.323 e. The summed E-state index contributed by atoms with van der Waals surface area (Å²) in [4.78, 5) is 11.4. The highest BCUT2D eigenvalue weighted by molar-refractivity contribution is 6.33. The predicted octanol–water partition coefficient (Wildman–Crippen LogP) is 2.15. The SMILES string of the molecule is CC[C@H](N)C(=O)Nc1cc(F)ccc1Cl. The van der Waals surface area contributed by atoms with Crippen molar-refractivity contribution in [2.75, 3.05) is 5.32 Å². The first-order chi connectivity index (χ1) is 7.04. The van der Waals surface area contributed by atoms with Gasteiger partial charge in [-0.3, -0.25) is 4.79 Å². The molecule has 0 aromatic heterocycles. The highest BCUT2D eigenvalue weighted by Gasteiger charge is 2.12. The summed E-state index contributed by atoms with van der Waals surface area (Å²) in [5.41, 5.74) is 5.74. The third-order valence-electron chi connectivity index (χ3n) is 1.96. The van der Waals surface area contributed by atoms with Crippen LogP contribution in [0.15, 0.2) is 18.2 Å². The van der Waals surface area contributed by atoms with Crippen molar-refractivity contribution >= 4 is 23.2 Å². The number of amides is 1. The molecule has 0 fully saturated rings. The maximum atomic E-state index is 12.8. The van der Waals surface area contributed by atoms with Crippen LogP contribution >= 0.6 is 11.6 Å². The molecular weight excluding hydrogens is 219 g/mol. The largest absolute Gasteiger partial charge is 0.323 e. The Kier molecular flexibility index (Phi) is 4.05. The molecule has 0 radical (unpaired) electrons.